The van der Waals surface area contributed by atoms with Crippen molar-refractivity contribution in [3.05, 3.63) is 29.3 Å². The van der Waals surface area contributed by atoms with Crippen LogP contribution in [0.5, 0.6) is 5.75 Å². The van der Waals surface area contributed by atoms with Gasteiger partial charge in [0, 0.05) is 0 Å². The van der Waals surface area contributed by atoms with Crippen LogP contribution in [0.3, 0.4) is 0 Å². The number of carbonyl (C=O) groups excluding carboxylic acids is 1. The fourth-order valence-corrected chi connectivity index (χ4v) is 2.00. The molecule has 0 N–H and O–H groups in total. The lowest BCUT2D eigenvalue weighted by Gasteiger charge is -2.16. The number of carbonyl (C=O) groups is 1. The standard InChI is InChI=1S/C16H24O2/c1-4-5-6-7-8-14(3)18-16-10-9-13(2)11-15(16)12-17/h9-12,14H,4-8H2,1-3H3. The highest BCUT2D eigenvalue weighted by Crippen LogP contribution is 2.21. The number of aldehydes is 1. The van der Waals surface area contributed by atoms with Gasteiger partial charge >= 0.3 is 0 Å². The molecule has 0 heterocycles. The van der Waals surface area contributed by atoms with E-state index in [9.17, 15) is 4.79 Å². The van der Waals surface area contributed by atoms with Crippen LogP contribution >= 0.6 is 0 Å². The van der Waals surface area contributed by atoms with Crippen molar-refractivity contribution < 1.29 is 9.53 Å². The normalized spacial score (nSPS) is 12.2. The molecular weight excluding hydrogens is 224 g/mol. The highest BCUT2D eigenvalue weighted by Gasteiger charge is 2.08. The summed E-state index contributed by atoms with van der Waals surface area (Å²) in [7, 11) is 0. The number of ether oxygens (including phenoxy) is 1. The Morgan fingerprint density at radius 1 is 1.28 bits per heavy atom. The maximum atomic E-state index is 11.0. The lowest BCUT2D eigenvalue weighted by molar-refractivity contribution is 0.111. The first-order valence-corrected chi connectivity index (χ1v) is 6.89. The SMILES string of the molecule is CCCCCCC(C)Oc1ccc(C)cc1C=O. The molecule has 0 bridgehead atoms. The molecule has 0 fully saturated rings. The van der Waals surface area contributed by atoms with E-state index in [1.54, 1.807) is 0 Å². The molecule has 1 atom stereocenters. The summed E-state index contributed by atoms with van der Waals surface area (Å²) in [6.07, 6.45) is 7.08. The van der Waals surface area contributed by atoms with E-state index >= 15 is 0 Å². The van der Waals surface area contributed by atoms with Gasteiger partial charge in [-0.3, -0.25) is 4.79 Å². The molecule has 1 aromatic carbocycles. The third-order valence-electron chi connectivity index (χ3n) is 3.08. The van der Waals surface area contributed by atoms with E-state index in [0.717, 1.165) is 18.3 Å². The molecule has 1 aromatic rings. The smallest absolute Gasteiger partial charge is 0.153 e. The van der Waals surface area contributed by atoms with Gasteiger partial charge in [-0.1, -0.05) is 37.8 Å². The molecule has 18 heavy (non-hydrogen) atoms. The summed E-state index contributed by atoms with van der Waals surface area (Å²) >= 11 is 0. The summed E-state index contributed by atoms with van der Waals surface area (Å²) in [6.45, 7) is 6.26. The lowest BCUT2D eigenvalue weighted by atomic mass is 10.1. The van der Waals surface area contributed by atoms with E-state index < -0.39 is 0 Å². The van der Waals surface area contributed by atoms with Gasteiger partial charge in [0.05, 0.1) is 11.7 Å². The van der Waals surface area contributed by atoms with Gasteiger partial charge in [0.15, 0.2) is 6.29 Å². The summed E-state index contributed by atoms with van der Waals surface area (Å²) in [5.74, 6) is 0.707. The molecule has 0 aromatic heterocycles. The quantitative estimate of drug-likeness (QED) is 0.498. The minimum absolute atomic E-state index is 0.170. The predicted molar refractivity (Wildman–Crippen MR) is 75.4 cm³/mol. The van der Waals surface area contributed by atoms with Gasteiger partial charge in [-0.25, -0.2) is 0 Å². The predicted octanol–water partition coefficient (Wildman–Crippen LogP) is 4.55. The van der Waals surface area contributed by atoms with E-state index in [-0.39, 0.29) is 6.10 Å². The molecule has 0 amide bonds. The third-order valence-corrected chi connectivity index (χ3v) is 3.08. The Bertz CT molecular complexity index is 371. The van der Waals surface area contributed by atoms with E-state index in [4.69, 9.17) is 4.74 Å². The summed E-state index contributed by atoms with van der Waals surface area (Å²) < 4.78 is 5.84. The number of unbranched alkanes of at least 4 members (excludes halogenated alkanes) is 3. The maximum absolute atomic E-state index is 11.0. The first-order valence-electron chi connectivity index (χ1n) is 6.89. The largest absolute Gasteiger partial charge is 0.490 e. The number of benzene rings is 1. The van der Waals surface area contributed by atoms with Gasteiger partial charge < -0.3 is 4.74 Å². The molecule has 0 saturated heterocycles. The lowest BCUT2D eigenvalue weighted by Crippen LogP contribution is -2.12. The van der Waals surface area contributed by atoms with Crippen LogP contribution in [0.2, 0.25) is 0 Å². The second-order valence-corrected chi connectivity index (χ2v) is 4.94. The molecule has 0 saturated carbocycles. The van der Waals surface area contributed by atoms with Gasteiger partial charge in [-0.05, 0) is 38.8 Å². The molecule has 0 aliphatic heterocycles. The monoisotopic (exact) mass is 248 g/mol. The van der Waals surface area contributed by atoms with Gasteiger partial charge in [-0.15, -0.1) is 0 Å². The van der Waals surface area contributed by atoms with E-state index in [1.165, 1.54) is 25.7 Å². The second kappa shape index (κ2) is 7.91. The van der Waals surface area contributed by atoms with Gasteiger partial charge in [-0.2, -0.15) is 0 Å². The zero-order chi connectivity index (χ0) is 13.4. The summed E-state index contributed by atoms with van der Waals surface area (Å²) in [6, 6.07) is 5.74. The Hall–Kier alpha value is -1.31. The number of hydrogen-bond acceptors (Lipinski definition) is 2. The highest BCUT2D eigenvalue weighted by molar-refractivity contribution is 5.79. The summed E-state index contributed by atoms with van der Waals surface area (Å²) in [5.41, 5.74) is 1.73. The van der Waals surface area contributed by atoms with Crippen molar-refractivity contribution in [1.29, 1.82) is 0 Å². The number of aryl methyl sites for hydroxylation is 1. The minimum Gasteiger partial charge on any atom is -0.490 e. The van der Waals surface area contributed by atoms with E-state index in [2.05, 4.69) is 13.8 Å². The fraction of sp³-hybridized carbons (Fsp3) is 0.562. The minimum atomic E-state index is 0.170. The van der Waals surface area contributed by atoms with E-state index in [1.807, 2.05) is 25.1 Å². The Morgan fingerprint density at radius 2 is 2.06 bits per heavy atom. The summed E-state index contributed by atoms with van der Waals surface area (Å²) in [5, 5.41) is 0. The van der Waals surface area contributed by atoms with Crippen molar-refractivity contribution in [1.82, 2.24) is 0 Å². The first-order chi connectivity index (χ1) is 8.67. The molecule has 2 nitrogen and oxygen atoms in total. The van der Waals surface area contributed by atoms with Crippen LogP contribution in [-0.4, -0.2) is 12.4 Å². The molecule has 2 heteroatoms. The third kappa shape index (κ3) is 4.91. The van der Waals surface area contributed by atoms with Crippen LogP contribution < -0.4 is 4.74 Å². The molecule has 100 valence electrons. The topological polar surface area (TPSA) is 26.3 Å². The molecular formula is C16H24O2. The van der Waals surface area contributed by atoms with Crippen molar-refractivity contribution in [3.8, 4) is 5.75 Å². The molecule has 0 radical (unpaired) electrons. The van der Waals surface area contributed by atoms with Gasteiger partial charge in [0.25, 0.3) is 0 Å². The number of hydrogen-bond donors (Lipinski definition) is 0. The average Bonchev–Trinajstić information content (AvgIpc) is 2.37. The van der Waals surface area contributed by atoms with Crippen LogP contribution in [0.25, 0.3) is 0 Å². The van der Waals surface area contributed by atoms with Crippen LogP contribution in [0.15, 0.2) is 18.2 Å². The van der Waals surface area contributed by atoms with Gasteiger partial charge in [0.2, 0.25) is 0 Å². The Balaban J connectivity index is 2.48. The first kappa shape index (κ1) is 14.7. The van der Waals surface area contributed by atoms with Crippen molar-refractivity contribution in [2.75, 3.05) is 0 Å². The maximum Gasteiger partial charge on any atom is 0.153 e. The molecule has 1 rings (SSSR count). The second-order valence-electron chi connectivity index (χ2n) is 4.94. The van der Waals surface area contributed by atoms with Gasteiger partial charge in [0.1, 0.15) is 5.75 Å². The Labute approximate surface area is 110 Å². The van der Waals surface area contributed by atoms with Crippen LogP contribution in [0.4, 0.5) is 0 Å². The zero-order valence-electron chi connectivity index (χ0n) is 11.7. The average molecular weight is 248 g/mol. The molecule has 0 aliphatic rings. The van der Waals surface area contributed by atoms with Crippen LogP contribution in [0, 0.1) is 6.92 Å². The van der Waals surface area contributed by atoms with Crippen LogP contribution in [0.1, 0.15) is 61.9 Å². The van der Waals surface area contributed by atoms with Crippen molar-refractivity contribution in [2.24, 2.45) is 0 Å². The Kier molecular flexibility index (Phi) is 6.48. The van der Waals surface area contributed by atoms with Crippen molar-refractivity contribution in [3.63, 3.8) is 0 Å². The van der Waals surface area contributed by atoms with Crippen LogP contribution in [-0.2, 0) is 0 Å². The highest BCUT2D eigenvalue weighted by atomic mass is 16.5. The molecule has 0 spiro atoms. The molecule has 0 aliphatic carbocycles. The summed E-state index contributed by atoms with van der Waals surface area (Å²) in [4.78, 5) is 11.0. The van der Waals surface area contributed by atoms with E-state index in [0.29, 0.717) is 11.3 Å². The zero-order valence-corrected chi connectivity index (χ0v) is 11.7. The Morgan fingerprint density at radius 3 is 2.72 bits per heavy atom. The van der Waals surface area contributed by atoms with Crippen molar-refractivity contribution >= 4 is 6.29 Å². The number of rotatable bonds is 8. The fourth-order valence-electron chi connectivity index (χ4n) is 2.00. The van der Waals surface area contributed by atoms with Crippen molar-refractivity contribution in [2.45, 2.75) is 59.0 Å². The molecule has 1 unspecified atom stereocenters.